The van der Waals surface area contributed by atoms with Crippen molar-refractivity contribution in [2.75, 3.05) is 14.2 Å². The Kier molecular flexibility index (Phi) is 5.42. The fourth-order valence-corrected chi connectivity index (χ4v) is 1.65. The Morgan fingerprint density at radius 3 is 2.53 bits per heavy atom. The van der Waals surface area contributed by atoms with Gasteiger partial charge in [0.2, 0.25) is 0 Å². The Balaban J connectivity index is 2.94. The lowest BCUT2D eigenvalue weighted by atomic mass is 10.1. The summed E-state index contributed by atoms with van der Waals surface area (Å²) in [7, 11) is 3.33. The van der Waals surface area contributed by atoms with E-state index in [1.54, 1.807) is 20.2 Å². The number of nitrogens with one attached hydrogen (secondary N) is 2. The normalized spacial score (nSPS) is 11.4. The first-order valence-corrected chi connectivity index (χ1v) is 6.27. The van der Waals surface area contributed by atoms with Gasteiger partial charge >= 0.3 is 0 Å². The third kappa shape index (κ3) is 4.32. The summed E-state index contributed by atoms with van der Waals surface area (Å²) < 4.78 is 10.8. The predicted octanol–water partition coefficient (Wildman–Crippen LogP) is 2.86. The van der Waals surface area contributed by atoms with Crippen LogP contribution in [0.3, 0.4) is 0 Å². The lowest BCUT2D eigenvalue weighted by Gasteiger charge is -2.13. The molecule has 0 aliphatic rings. The highest BCUT2D eigenvalue weighted by Gasteiger charge is 2.06. The predicted molar refractivity (Wildman–Crippen MR) is 77.9 cm³/mol. The summed E-state index contributed by atoms with van der Waals surface area (Å²) in [6.45, 7) is 5.97. The molecule has 0 radical (unpaired) electrons. The molecular weight excluding hydrogens is 240 g/mol. The van der Waals surface area contributed by atoms with Crippen molar-refractivity contribution in [2.45, 2.75) is 26.9 Å². The molecule has 0 atom stereocenters. The smallest absolute Gasteiger partial charge is 0.188 e. The van der Waals surface area contributed by atoms with Crippen molar-refractivity contribution < 1.29 is 9.47 Å². The average Bonchev–Trinajstić information content (AvgIpc) is 2.37. The zero-order valence-electron chi connectivity index (χ0n) is 12.2. The summed E-state index contributed by atoms with van der Waals surface area (Å²) in [5.41, 5.74) is 2.25. The first-order valence-electron chi connectivity index (χ1n) is 6.27. The monoisotopic (exact) mass is 262 g/mol. The topological polar surface area (TPSA) is 54.3 Å². The molecule has 1 aromatic rings. The maximum absolute atomic E-state index is 8.04. The first-order chi connectivity index (χ1) is 8.97. The molecule has 4 heteroatoms. The highest BCUT2D eigenvalue weighted by molar-refractivity contribution is 6.06. The number of hydrogen-bond acceptors (Lipinski definition) is 4. The molecule has 0 saturated carbocycles. The summed E-state index contributed by atoms with van der Waals surface area (Å²) in [6.07, 6.45) is 1.80. The first kappa shape index (κ1) is 15.1. The lowest BCUT2D eigenvalue weighted by Crippen LogP contribution is -2.10. The van der Waals surface area contributed by atoms with Crippen molar-refractivity contribution >= 4 is 5.71 Å². The third-order valence-electron chi connectivity index (χ3n) is 2.59. The van der Waals surface area contributed by atoms with Crippen LogP contribution in [0.2, 0.25) is 0 Å². The van der Waals surface area contributed by atoms with Crippen LogP contribution in [0.25, 0.3) is 0 Å². The van der Waals surface area contributed by atoms with Crippen LogP contribution in [0.1, 0.15) is 25.0 Å². The molecule has 0 amide bonds. The second-order valence-corrected chi connectivity index (χ2v) is 4.52. The quantitative estimate of drug-likeness (QED) is 0.612. The van der Waals surface area contributed by atoms with E-state index in [0.29, 0.717) is 11.6 Å². The van der Waals surface area contributed by atoms with Gasteiger partial charge in [-0.1, -0.05) is 0 Å². The van der Waals surface area contributed by atoms with Crippen LogP contribution in [0, 0.1) is 12.3 Å². The van der Waals surface area contributed by atoms with Gasteiger partial charge in [-0.3, -0.25) is 0 Å². The van der Waals surface area contributed by atoms with Crippen LogP contribution in [0.15, 0.2) is 30.2 Å². The number of aryl methyl sites for hydroxylation is 1. The van der Waals surface area contributed by atoms with Crippen LogP contribution >= 0.6 is 0 Å². The minimum atomic E-state index is 0.147. The van der Waals surface area contributed by atoms with E-state index >= 15 is 0 Å². The van der Waals surface area contributed by atoms with E-state index in [0.717, 1.165) is 16.9 Å². The molecule has 0 unspecified atom stereocenters. The van der Waals surface area contributed by atoms with E-state index in [1.807, 2.05) is 39.0 Å². The maximum atomic E-state index is 8.04. The number of hydrogen-bond donors (Lipinski definition) is 2. The number of allylic oxidation sites excluding steroid dienone is 1. The molecule has 19 heavy (non-hydrogen) atoms. The highest BCUT2D eigenvalue weighted by Crippen LogP contribution is 2.21. The van der Waals surface area contributed by atoms with Gasteiger partial charge in [0.1, 0.15) is 5.75 Å². The summed E-state index contributed by atoms with van der Waals surface area (Å²) in [5, 5.41) is 10.9. The molecule has 2 N–H and O–H groups in total. The number of ether oxygens (including phenoxy) is 2. The molecule has 104 valence electrons. The van der Waals surface area contributed by atoms with E-state index in [1.165, 1.54) is 0 Å². The largest absolute Gasteiger partial charge is 0.491 e. The van der Waals surface area contributed by atoms with Gasteiger partial charge in [-0.2, -0.15) is 0 Å². The summed E-state index contributed by atoms with van der Waals surface area (Å²) in [5.74, 6) is 1.42. The van der Waals surface area contributed by atoms with Crippen LogP contribution in [0.4, 0.5) is 0 Å². The summed E-state index contributed by atoms with van der Waals surface area (Å²) in [4.78, 5) is 0. The summed E-state index contributed by atoms with van der Waals surface area (Å²) in [6, 6.07) is 5.73. The van der Waals surface area contributed by atoms with Crippen molar-refractivity contribution in [1.29, 1.82) is 5.41 Å². The Bertz CT molecular complexity index is 473. The van der Waals surface area contributed by atoms with E-state index in [4.69, 9.17) is 14.9 Å². The number of methoxy groups -OCH3 is 1. The Hall–Kier alpha value is -1.97. The van der Waals surface area contributed by atoms with Crippen molar-refractivity contribution in [3.63, 3.8) is 0 Å². The molecule has 1 aromatic carbocycles. The third-order valence-corrected chi connectivity index (χ3v) is 2.59. The van der Waals surface area contributed by atoms with E-state index < -0.39 is 0 Å². The molecule has 0 heterocycles. The fourth-order valence-electron chi connectivity index (χ4n) is 1.65. The number of benzene rings is 1. The van der Waals surface area contributed by atoms with Crippen molar-refractivity contribution in [3.05, 3.63) is 41.3 Å². The van der Waals surface area contributed by atoms with Crippen molar-refractivity contribution in [3.8, 4) is 5.75 Å². The molecule has 0 aliphatic carbocycles. The average molecular weight is 262 g/mol. The summed E-state index contributed by atoms with van der Waals surface area (Å²) >= 11 is 0. The molecule has 1 rings (SSSR count). The van der Waals surface area contributed by atoms with Gasteiger partial charge < -0.3 is 20.2 Å². The van der Waals surface area contributed by atoms with E-state index in [2.05, 4.69) is 5.32 Å². The molecular formula is C15H22N2O2. The van der Waals surface area contributed by atoms with Crippen molar-refractivity contribution in [2.24, 2.45) is 0 Å². The minimum Gasteiger partial charge on any atom is -0.491 e. The van der Waals surface area contributed by atoms with Crippen LogP contribution in [0.5, 0.6) is 5.75 Å². The van der Waals surface area contributed by atoms with Crippen LogP contribution < -0.4 is 10.1 Å². The van der Waals surface area contributed by atoms with Gasteiger partial charge in [0, 0.05) is 18.7 Å². The molecule has 0 fully saturated rings. The second-order valence-electron chi connectivity index (χ2n) is 4.52. The zero-order valence-corrected chi connectivity index (χ0v) is 12.2. The standard InChI is InChI=1S/C15H22N2O2/c1-10(2)19-14-7-6-12(8-11(14)3)13(16)9-15(17-4)18-5/h6-10,16-17H,1-5H3/b15-9+,16-13?. The van der Waals surface area contributed by atoms with Crippen LogP contribution in [-0.2, 0) is 4.74 Å². The van der Waals surface area contributed by atoms with Crippen LogP contribution in [-0.4, -0.2) is 26.0 Å². The Labute approximate surface area is 114 Å². The fraction of sp³-hybridized carbons (Fsp3) is 0.400. The van der Waals surface area contributed by atoms with Gasteiger partial charge in [-0.05, 0) is 44.5 Å². The SMILES string of the molecule is CN/C(=C\C(=N)c1ccc(OC(C)C)c(C)c1)OC. The van der Waals surface area contributed by atoms with Gasteiger partial charge in [-0.25, -0.2) is 0 Å². The molecule has 4 nitrogen and oxygen atoms in total. The van der Waals surface area contributed by atoms with Gasteiger partial charge in [0.05, 0.1) is 18.9 Å². The van der Waals surface area contributed by atoms with E-state index in [-0.39, 0.29) is 6.10 Å². The van der Waals surface area contributed by atoms with Crippen molar-refractivity contribution in [1.82, 2.24) is 5.32 Å². The molecule has 0 bridgehead atoms. The zero-order chi connectivity index (χ0) is 14.4. The van der Waals surface area contributed by atoms with Gasteiger partial charge in [-0.15, -0.1) is 0 Å². The highest BCUT2D eigenvalue weighted by atomic mass is 16.5. The molecule has 0 aromatic heterocycles. The maximum Gasteiger partial charge on any atom is 0.188 e. The molecule has 0 spiro atoms. The van der Waals surface area contributed by atoms with Gasteiger partial charge in [0.15, 0.2) is 5.88 Å². The minimum absolute atomic E-state index is 0.147. The van der Waals surface area contributed by atoms with E-state index in [9.17, 15) is 0 Å². The second kappa shape index (κ2) is 6.83. The molecule has 0 saturated heterocycles. The Morgan fingerprint density at radius 2 is 2.05 bits per heavy atom. The molecule has 0 aliphatic heterocycles. The lowest BCUT2D eigenvalue weighted by molar-refractivity contribution is 0.241. The Morgan fingerprint density at radius 1 is 1.37 bits per heavy atom. The number of rotatable bonds is 6. The van der Waals surface area contributed by atoms with Gasteiger partial charge in [0.25, 0.3) is 0 Å².